The first-order chi connectivity index (χ1) is 12.0. The fourth-order valence-electron chi connectivity index (χ4n) is 2.26. The van der Waals surface area contributed by atoms with Crippen molar-refractivity contribution in [3.05, 3.63) is 42.7 Å². The van der Waals surface area contributed by atoms with E-state index in [4.69, 9.17) is 4.52 Å². The van der Waals surface area contributed by atoms with Gasteiger partial charge in [0, 0.05) is 30.1 Å². The van der Waals surface area contributed by atoms with Gasteiger partial charge in [0.05, 0.1) is 6.20 Å². The third kappa shape index (κ3) is 3.82. The van der Waals surface area contributed by atoms with Gasteiger partial charge in [-0.2, -0.15) is 10.1 Å². The molecule has 1 unspecified atom stereocenters. The van der Waals surface area contributed by atoms with E-state index in [1.54, 1.807) is 42.3 Å². The van der Waals surface area contributed by atoms with Crippen molar-refractivity contribution < 1.29 is 9.32 Å². The Kier molecular flexibility index (Phi) is 4.73. The lowest BCUT2D eigenvalue weighted by Crippen LogP contribution is -2.32. The Morgan fingerprint density at radius 3 is 2.80 bits per heavy atom. The first kappa shape index (κ1) is 16.6. The molecule has 0 radical (unpaired) electrons. The van der Waals surface area contributed by atoms with Crippen LogP contribution >= 0.6 is 0 Å². The number of hydrogen-bond donors (Lipinski definition) is 2. The molecule has 0 saturated carbocycles. The molecule has 9 heteroatoms. The molecule has 130 valence electrons. The minimum atomic E-state index is -0.451. The van der Waals surface area contributed by atoms with Crippen LogP contribution < -0.4 is 10.6 Å². The zero-order chi connectivity index (χ0) is 17.8. The molecule has 3 aromatic rings. The second-order valence-corrected chi connectivity index (χ2v) is 5.77. The van der Waals surface area contributed by atoms with Gasteiger partial charge in [-0.1, -0.05) is 5.16 Å². The highest BCUT2D eigenvalue weighted by Gasteiger charge is 2.18. The van der Waals surface area contributed by atoms with Gasteiger partial charge in [0.2, 0.25) is 11.7 Å². The van der Waals surface area contributed by atoms with Crippen molar-refractivity contribution in [3.8, 4) is 11.4 Å². The topological polar surface area (TPSA) is 111 Å². The summed E-state index contributed by atoms with van der Waals surface area (Å²) < 4.78 is 6.95. The SMILES string of the molecule is CC(NC(=O)Nc1ccnn1C(C)C)c1nc(-c2cccnc2)no1. The molecule has 1 atom stereocenters. The fraction of sp³-hybridized carbons (Fsp3) is 0.312. The van der Waals surface area contributed by atoms with E-state index in [2.05, 4.69) is 30.9 Å². The first-order valence-corrected chi connectivity index (χ1v) is 7.89. The molecule has 3 heterocycles. The van der Waals surface area contributed by atoms with E-state index in [0.717, 1.165) is 5.56 Å². The molecule has 3 aromatic heterocycles. The van der Waals surface area contributed by atoms with Gasteiger partial charge < -0.3 is 9.84 Å². The van der Waals surface area contributed by atoms with Crippen molar-refractivity contribution in [2.75, 3.05) is 5.32 Å². The van der Waals surface area contributed by atoms with Crippen LogP contribution in [0.1, 0.15) is 38.7 Å². The molecule has 3 rings (SSSR count). The van der Waals surface area contributed by atoms with E-state index in [1.165, 1.54) is 0 Å². The second kappa shape index (κ2) is 7.12. The number of carbonyl (C=O) groups excluding carboxylic acids is 1. The standard InChI is InChI=1S/C16H19N7O2/c1-10(2)23-13(6-8-18-23)20-16(24)19-11(3)15-21-14(22-25-15)12-5-4-7-17-9-12/h4-11H,1-3H3,(H2,19,20,24). The maximum atomic E-state index is 12.2. The summed E-state index contributed by atoms with van der Waals surface area (Å²) in [6.07, 6.45) is 4.95. The Labute approximate surface area is 144 Å². The number of carbonyl (C=O) groups is 1. The van der Waals surface area contributed by atoms with Crippen molar-refractivity contribution in [2.24, 2.45) is 0 Å². The van der Waals surface area contributed by atoms with Crippen LogP contribution in [0.4, 0.5) is 10.6 Å². The van der Waals surface area contributed by atoms with Gasteiger partial charge in [-0.25, -0.2) is 9.48 Å². The highest BCUT2D eigenvalue weighted by atomic mass is 16.5. The maximum Gasteiger partial charge on any atom is 0.321 e. The molecule has 2 N–H and O–H groups in total. The van der Waals surface area contributed by atoms with Crippen molar-refractivity contribution in [1.82, 2.24) is 30.2 Å². The summed E-state index contributed by atoms with van der Waals surface area (Å²) in [6.45, 7) is 5.73. The summed E-state index contributed by atoms with van der Waals surface area (Å²) >= 11 is 0. The van der Waals surface area contributed by atoms with E-state index in [-0.39, 0.29) is 12.1 Å². The van der Waals surface area contributed by atoms with E-state index < -0.39 is 6.04 Å². The van der Waals surface area contributed by atoms with Crippen LogP contribution in [-0.2, 0) is 0 Å². The van der Waals surface area contributed by atoms with Crippen LogP contribution in [0.2, 0.25) is 0 Å². The third-order valence-corrected chi connectivity index (χ3v) is 3.48. The molecule has 9 nitrogen and oxygen atoms in total. The number of rotatable bonds is 5. The Balaban J connectivity index is 1.64. The zero-order valence-corrected chi connectivity index (χ0v) is 14.2. The normalized spacial score (nSPS) is 12.2. The molecule has 2 amide bonds. The van der Waals surface area contributed by atoms with Crippen LogP contribution in [0.25, 0.3) is 11.4 Å². The summed E-state index contributed by atoms with van der Waals surface area (Å²) in [4.78, 5) is 20.5. The maximum absolute atomic E-state index is 12.2. The number of anilines is 1. The monoisotopic (exact) mass is 341 g/mol. The summed E-state index contributed by atoms with van der Waals surface area (Å²) in [5, 5.41) is 13.6. The Morgan fingerprint density at radius 1 is 1.24 bits per heavy atom. The number of aromatic nitrogens is 5. The lowest BCUT2D eigenvalue weighted by atomic mass is 10.3. The molecule has 0 fully saturated rings. The van der Waals surface area contributed by atoms with E-state index in [0.29, 0.717) is 17.5 Å². The van der Waals surface area contributed by atoms with Gasteiger partial charge in [0.25, 0.3) is 0 Å². The molecule has 25 heavy (non-hydrogen) atoms. The van der Waals surface area contributed by atoms with E-state index in [1.807, 2.05) is 19.9 Å². The highest BCUT2D eigenvalue weighted by molar-refractivity contribution is 5.88. The number of urea groups is 1. The Bertz CT molecular complexity index is 841. The van der Waals surface area contributed by atoms with Crippen molar-refractivity contribution in [3.63, 3.8) is 0 Å². The lowest BCUT2D eigenvalue weighted by molar-refractivity contribution is 0.245. The van der Waals surface area contributed by atoms with Crippen LogP contribution in [0.15, 0.2) is 41.3 Å². The Hall–Kier alpha value is -3.23. The molecule has 0 aliphatic carbocycles. The number of nitrogens with zero attached hydrogens (tertiary/aromatic N) is 5. The predicted octanol–water partition coefficient (Wildman–Crippen LogP) is 2.79. The highest BCUT2D eigenvalue weighted by Crippen LogP contribution is 2.18. The van der Waals surface area contributed by atoms with Crippen molar-refractivity contribution in [1.29, 1.82) is 0 Å². The van der Waals surface area contributed by atoms with Crippen molar-refractivity contribution >= 4 is 11.8 Å². The first-order valence-electron chi connectivity index (χ1n) is 7.89. The van der Waals surface area contributed by atoms with Crippen LogP contribution in [-0.4, -0.2) is 30.9 Å². The molecule has 0 bridgehead atoms. The van der Waals surface area contributed by atoms with Gasteiger partial charge in [-0.05, 0) is 32.9 Å². The lowest BCUT2D eigenvalue weighted by Gasteiger charge is -2.14. The van der Waals surface area contributed by atoms with Gasteiger partial charge in [0.1, 0.15) is 11.9 Å². The number of pyridine rings is 1. The average molecular weight is 341 g/mol. The molecule has 0 spiro atoms. The average Bonchev–Trinajstić information content (AvgIpc) is 3.24. The molecular weight excluding hydrogens is 322 g/mol. The summed E-state index contributed by atoms with van der Waals surface area (Å²) in [5.41, 5.74) is 0.745. The van der Waals surface area contributed by atoms with Crippen LogP contribution in [0.3, 0.4) is 0 Å². The summed E-state index contributed by atoms with van der Waals surface area (Å²) in [7, 11) is 0. The second-order valence-electron chi connectivity index (χ2n) is 5.77. The Morgan fingerprint density at radius 2 is 2.08 bits per heavy atom. The molecule has 0 aromatic carbocycles. The molecule has 0 aliphatic heterocycles. The van der Waals surface area contributed by atoms with Gasteiger partial charge >= 0.3 is 6.03 Å². The molecule has 0 saturated heterocycles. The summed E-state index contributed by atoms with van der Waals surface area (Å²) in [5.74, 6) is 1.35. The number of amides is 2. The van der Waals surface area contributed by atoms with Crippen molar-refractivity contribution in [2.45, 2.75) is 32.9 Å². The van der Waals surface area contributed by atoms with Gasteiger partial charge in [-0.15, -0.1) is 0 Å². The smallest absolute Gasteiger partial charge is 0.321 e. The van der Waals surface area contributed by atoms with Crippen LogP contribution in [0.5, 0.6) is 0 Å². The number of nitrogens with one attached hydrogen (secondary N) is 2. The van der Waals surface area contributed by atoms with Crippen LogP contribution in [0, 0.1) is 0 Å². The number of hydrogen-bond acceptors (Lipinski definition) is 6. The summed E-state index contributed by atoms with van der Waals surface area (Å²) in [6, 6.07) is 4.67. The third-order valence-electron chi connectivity index (χ3n) is 3.48. The predicted molar refractivity (Wildman–Crippen MR) is 90.7 cm³/mol. The molecule has 0 aliphatic rings. The fourth-order valence-corrected chi connectivity index (χ4v) is 2.26. The van der Waals surface area contributed by atoms with Gasteiger partial charge in [-0.3, -0.25) is 10.3 Å². The van der Waals surface area contributed by atoms with E-state index in [9.17, 15) is 4.79 Å². The minimum Gasteiger partial charge on any atom is -0.337 e. The zero-order valence-electron chi connectivity index (χ0n) is 14.2. The molecular formula is C16H19N7O2. The van der Waals surface area contributed by atoms with E-state index >= 15 is 0 Å². The van der Waals surface area contributed by atoms with Gasteiger partial charge in [0.15, 0.2) is 0 Å². The quantitative estimate of drug-likeness (QED) is 0.738. The minimum absolute atomic E-state index is 0.140. The largest absolute Gasteiger partial charge is 0.337 e.